The van der Waals surface area contributed by atoms with Crippen LogP contribution in [0.3, 0.4) is 0 Å². The highest BCUT2D eigenvalue weighted by atomic mass is 16.5. The lowest BCUT2D eigenvalue weighted by atomic mass is 9.75. The van der Waals surface area contributed by atoms with Crippen LogP contribution in [0, 0.1) is 17.8 Å². The zero-order valence-corrected chi connectivity index (χ0v) is 15.0. The topological polar surface area (TPSA) is 49.8 Å². The van der Waals surface area contributed by atoms with Gasteiger partial charge in [0.2, 0.25) is 0 Å². The number of piperidine rings is 3. The van der Waals surface area contributed by atoms with Crippen LogP contribution < -0.4 is 4.74 Å². The maximum atomic E-state index is 11.5. The molecule has 3 saturated heterocycles. The molecule has 0 radical (unpaired) electrons. The average Bonchev–Trinajstić information content (AvgIpc) is 2.67. The first kappa shape index (κ1) is 17.1. The van der Waals surface area contributed by atoms with E-state index in [1.807, 2.05) is 31.2 Å². The smallest absolute Gasteiger partial charge is 0.150 e. The quantitative estimate of drug-likeness (QED) is 0.684. The van der Waals surface area contributed by atoms with E-state index >= 15 is 0 Å². The van der Waals surface area contributed by atoms with E-state index in [4.69, 9.17) is 4.74 Å². The van der Waals surface area contributed by atoms with Crippen LogP contribution in [-0.2, 0) is 0 Å². The Kier molecular flexibility index (Phi) is 4.44. The van der Waals surface area contributed by atoms with E-state index < -0.39 is 5.60 Å². The summed E-state index contributed by atoms with van der Waals surface area (Å²) in [6.07, 6.45) is 2.84. The monoisotopic (exact) mass is 349 g/mol. The van der Waals surface area contributed by atoms with Crippen molar-refractivity contribution in [2.75, 3.05) is 26.2 Å². The number of carbonyl (C=O) groups is 1. The molecule has 0 aromatic heterocycles. The normalized spacial score (nSPS) is 27.0. The van der Waals surface area contributed by atoms with Crippen molar-refractivity contribution >= 4 is 17.1 Å². The van der Waals surface area contributed by atoms with Gasteiger partial charge in [-0.3, -0.25) is 9.69 Å². The van der Waals surface area contributed by atoms with Gasteiger partial charge in [-0.15, -0.1) is 0 Å². The summed E-state index contributed by atoms with van der Waals surface area (Å²) >= 11 is 0. The molecule has 3 aliphatic rings. The average molecular weight is 349 g/mol. The summed E-state index contributed by atoms with van der Waals surface area (Å²) in [6.45, 7) is 5.12. The van der Waals surface area contributed by atoms with Crippen LogP contribution in [0.15, 0.2) is 30.3 Å². The van der Waals surface area contributed by atoms with Crippen LogP contribution in [0.2, 0.25) is 0 Å². The van der Waals surface area contributed by atoms with Crippen molar-refractivity contribution < 1.29 is 14.6 Å². The minimum absolute atomic E-state index is 0.232. The van der Waals surface area contributed by atoms with Crippen molar-refractivity contribution in [1.82, 2.24) is 4.90 Å². The number of fused-ring (bicyclic) bond motifs is 4. The van der Waals surface area contributed by atoms with Gasteiger partial charge in [0.25, 0.3) is 0 Å². The molecule has 134 valence electrons. The van der Waals surface area contributed by atoms with Gasteiger partial charge in [0.15, 0.2) is 6.29 Å². The highest BCUT2D eigenvalue weighted by molar-refractivity contribution is 6.02. The van der Waals surface area contributed by atoms with Crippen molar-refractivity contribution in [3.63, 3.8) is 0 Å². The molecular formula is C22H23NO3. The summed E-state index contributed by atoms with van der Waals surface area (Å²) in [6, 6.07) is 9.47. The van der Waals surface area contributed by atoms with E-state index in [1.54, 1.807) is 6.07 Å². The van der Waals surface area contributed by atoms with Crippen molar-refractivity contribution in [3.8, 4) is 17.6 Å². The Morgan fingerprint density at radius 2 is 2.04 bits per heavy atom. The number of nitrogens with zero attached hydrogens (tertiary/aromatic N) is 1. The summed E-state index contributed by atoms with van der Waals surface area (Å²) in [5, 5.41) is 12.8. The third-order valence-corrected chi connectivity index (χ3v) is 5.60. The van der Waals surface area contributed by atoms with E-state index in [0.29, 0.717) is 24.5 Å². The van der Waals surface area contributed by atoms with E-state index in [1.165, 1.54) is 0 Å². The van der Waals surface area contributed by atoms with Crippen molar-refractivity contribution in [1.29, 1.82) is 0 Å². The Balaban J connectivity index is 1.84. The number of hydrogen-bond donors (Lipinski definition) is 1. The maximum Gasteiger partial charge on any atom is 0.150 e. The lowest BCUT2D eigenvalue weighted by molar-refractivity contribution is -0.0713. The minimum Gasteiger partial charge on any atom is -0.493 e. The maximum absolute atomic E-state index is 11.5. The van der Waals surface area contributed by atoms with Crippen LogP contribution in [0.4, 0.5) is 0 Å². The van der Waals surface area contributed by atoms with Crippen LogP contribution >= 0.6 is 0 Å². The summed E-state index contributed by atoms with van der Waals surface area (Å²) in [5.41, 5.74) is 0.374. The predicted molar refractivity (Wildman–Crippen MR) is 101 cm³/mol. The zero-order valence-electron chi connectivity index (χ0n) is 15.0. The molecule has 5 rings (SSSR count). The number of ether oxygens (including phenoxy) is 1. The molecule has 0 amide bonds. The number of hydrogen-bond acceptors (Lipinski definition) is 4. The Labute approximate surface area is 153 Å². The van der Waals surface area contributed by atoms with Gasteiger partial charge in [0.1, 0.15) is 11.4 Å². The molecule has 4 nitrogen and oxygen atoms in total. The molecule has 0 saturated carbocycles. The highest BCUT2D eigenvalue weighted by Gasteiger charge is 2.44. The lowest BCUT2D eigenvalue weighted by Crippen LogP contribution is -2.58. The zero-order chi connectivity index (χ0) is 18.1. The van der Waals surface area contributed by atoms with Crippen molar-refractivity contribution in [2.45, 2.75) is 25.4 Å². The molecule has 26 heavy (non-hydrogen) atoms. The van der Waals surface area contributed by atoms with Crippen LogP contribution in [-0.4, -0.2) is 48.1 Å². The standard InChI is InChI=1S/C22H23NO3/c1-2-26-21-13-16(14-24)18-5-3-4-6-19(18)20(21)7-10-22(25)15-23-11-8-17(22)9-12-23/h3-6,13-14,17,25H,2,8-9,11-12,15H2,1H3. The second-order valence-corrected chi connectivity index (χ2v) is 7.16. The van der Waals surface area contributed by atoms with Crippen LogP contribution in [0.25, 0.3) is 10.8 Å². The van der Waals surface area contributed by atoms with Gasteiger partial charge in [-0.1, -0.05) is 36.1 Å². The molecule has 0 aliphatic carbocycles. The Morgan fingerprint density at radius 1 is 1.31 bits per heavy atom. The molecule has 3 fully saturated rings. The summed E-state index contributed by atoms with van der Waals surface area (Å²) in [7, 11) is 0. The number of rotatable bonds is 3. The molecule has 1 atom stereocenters. The van der Waals surface area contributed by atoms with E-state index in [0.717, 1.165) is 48.6 Å². The third kappa shape index (κ3) is 2.88. The fraction of sp³-hybridized carbons (Fsp3) is 0.409. The largest absolute Gasteiger partial charge is 0.493 e. The number of aliphatic hydroxyl groups is 1. The van der Waals surface area contributed by atoms with Gasteiger partial charge in [-0.25, -0.2) is 0 Å². The Bertz CT molecular complexity index is 903. The van der Waals surface area contributed by atoms with Gasteiger partial charge >= 0.3 is 0 Å². The fourth-order valence-corrected chi connectivity index (χ4v) is 4.22. The van der Waals surface area contributed by atoms with Gasteiger partial charge in [0, 0.05) is 23.4 Å². The van der Waals surface area contributed by atoms with Gasteiger partial charge in [-0.05, 0) is 44.3 Å². The third-order valence-electron chi connectivity index (χ3n) is 5.60. The molecule has 2 aromatic rings. The van der Waals surface area contributed by atoms with Gasteiger partial charge in [0.05, 0.1) is 12.2 Å². The number of benzene rings is 2. The second kappa shape index (κ2) is 6.75. The number of aldehydes is 1. The first-order valence-electron chi connectivity index (χ1n) is 9.26. The summed E-state index contributed by atoms with van der Waals surface area (Å²) in [5.74, 6) is 7.22. The molecule has 0 spiro atoms. The summed E-state index contributed by atoms with van der Waals surface area (Å²) in [4.78, 5) is 13.8. The molecule has 3 aliphatic heterocycles. The molecule has 1 N–H and O–H groups in total. The van der Waals surface area contributed by atoms with Gasteiger partial charge < -0.3 is 9.84 Å². The van der Waals surface area contributed by atoms with Crippen molar-refractivity contribution in [3.05, 3.63) is 41.5 Å². The highest BCUT2D eigenvalue weighted by Crippen LogP contribution is 2.36. The summed E-state index contributed by atoms with van der Waals surface area (Å²) < 4.78 is 5.77. The first-order chi connectivity index (χ1) is 12.6. The van der Waals surface area contributed by atoms with E-state index in [9.17, 15) is 9.90 Å². The lowest BCUT2D eigenvalue weighted by Gasteiger charge is -2.47. The molecule has 4 heteroatoms. The molecular weight excluding hydrogens is 326 g/mol. The molecule has 2 bridgehead atoms. The fourth-order valence-electron chi connectivity index (χ4n) is 4.22. The predicted octanol–water partition coefficient (Wildman–Crippen LogP) is 2.86. The van der Waals surface area contributed by atoms with Crippen LogP contribution in [0.5, 0.6) is 5.75 Å². The van der Waals surface area contributed by atoms with Gasteiger partial charge in [-0.2, -0.15) is 0 Å². The minimum atomic E-state index is -0.968. The van der Waals surface area contributed by atoms with Crippen LogP contribution in [0.1, 0.15) is 35.7 Å². The molecule has 2 aromatic carbocycles. The first-order valence-corrected chi connectivity index (χ1v) is 9.26. The molecule has 3 heterocycles. The SMILES string of the molecule is CCOc1cc(C=O)c2ccccc2c1C#CC1(O)CN2CCC1CC2. The second-order valence-electron chi connectivity index (χ2n) is 7.16. The Hall–Kier alpha value is -2.35. The Morgan fingerprint density at radius 3 is 2.65 bits per heavy atom. The van der Waals surface area contributed by atoms with Crippen molar-refractivity contribution in [2.24, 2.45) is 5.92 Å². The van der Waals surface area contributed by atoms with E-state index in [-0.39, 0.29) is 5.92 Å². The molecule has 1 unspecified atom stereocenters. The van der Waals surface area contributed by atoms with E-state index in [2.05, 4.69) is 16.7 Å². The number of carbonyl (C=O) groups excluding carboxylic acids is 1.